The predicted molar refractivity (Wildman–Crippen MR) is 202 cm³/mol. The Bertz CT molecular complexity index is 1710. The highest BCUT2D eigenvalue weighted by Gasteiger charge is 2.84. The minimum atomic E-state index is -1.24. The molecule has 2 aliphatic carbocycles. The van der Waals surface area contributed by atoms with Gasteiger partial charge in [-0.3, -0.25) is 19.2 Å². The Morgan fingerprint density at radius 1 is 0.667 bits per heavy atom. The van der Waals surface area contributed by atoms with Gasteiger partial charge in [-0.2, -0.15) is 0 Å². The van der Waals surface area contributed by atoms with E-state index < -0.39 is 45.7 Å². The van der Waals surface area contributed by atoms with Crippen LogP contribution < -0.4 is 4.74 Å². The molecule has 0 saturated heterocycles. The number of carbonyl (C=O) groups excluding carboxylic acids is 4. The molecule has 0 radical (unpaired) electrons. The molecule has 2 unspecified atom stereocenters. The van der Waals surface area contributed by atoms with Crippen molar-refractivity contribution >= 4 is 23.9 Å². The molecule has 1 fully saturated rings. The Balaban J connectivity index is 1.21. The minimum Gasteiger partial charge on any atom is -0.465 e. The van der Waals surface area contributed by atoms with Gasteiger partial charge in [0.15, 0.2) is 0 Å². The van der Waals surface area contributed by atoms with Crippen LogP contribution >= 0.6 is 0 Å². The number of ether oxygens (including phenoxy) is 5. The zero-order valence-corrected chi connectivity index (χ0v) is 31.9. The molecule has 0 bridgehead atoms. The maximum Gasteiger partial charge on any atom is 0.314 e. The Morgan fingerprint density at radius 2 is 1.17 bits per heavy atom. The second-order valence-corrected chi connectivity index (χ2v) is 15.6. The van der Waals surface area contributed by atoms with E-state index in [2.05, 4.69) is 11.8 Å². The summed E-state index contributed by atoms with van der Waals surface area (Å²) < 4.78 is 29.2. The van der Waals surface area contributed by atoms with Crippen molar-refractivity contribution in [1.82, 2.24) is 0 Å². The average molecular weight is 737 g/mol. The summed E-state index contributed by atoms with van der Waals surface area (Å²) in [5.74, 6) is 4.34. The first kappa shape index (κ1) is 40.2. The number of esters is 4. The van der Waals surface area contributed by atoms with Crippen molar-refractivity contribution in [3.63, 3.8) is 0 Å². The number of fused-ring (bicyclic) bond motifs is 1. The maximum absolute atomic E-state index is 14.2. The Kier molecular flexibility index (Phi) is 13.4. The van der Waals surface area contributed by atoms with Crippen LogP contribution in [0.3, 0.4) is 0 Å². The van der Waals surface area contributed by atoms with E-state index in [0.717, 1.165) is 11.1 Å². The summed E-state index contributed by atoms with van der Waals surface area (Å²) in [6.07, 6.45) is 2.91. The van der Waals surface area contributed by atoms with Crippen LogP contribution in [0, 0.1) is 34.0 Å². The maximum atomic E-state index is 14.2. The summed E-state index contributed by atoms with van der Waals surface area (Å²) in [4.78, 5) is 54.1. The quantitative estimate of drug-likeness (QED) is 0.0552. The summed E-state index contributed by atoms with van der Waals surface area (Å²) in [5, 5.41) is 0. The largest absolute Gasteiger partial charge is 0.465 e. The molecule has 9 heteroatoms. The molecule has 3 aromatic carbocycles. The standard InChI is InChI=1S/C45H52O9/c1-42(2,27-28-43(3,4)53-29-24-38(46)54-36-22-14-9-15-23-36)30-39(47)50-33-37-44(40(48)51-31-34-18-10-7-11-19-34)25-16-5-6-17-26-45(37,44)41(49)52-32-35-20-12-8-13-21-35/h7-15,18-23,37H,16-17,24-33H2,1-4H3. The van der Waals surface area contributed by atoms with Crippen molar-refractivity contribution in [1.29, 1.82) is 0 Å². The molecule has 1 saturated carbocycles. The lowest BCUT2D eigenvalue weighted by Crippen LogP contribution is -2.33. The van der Waals surface area contributed by atoms with Gasteiger partial charge in [0.2, 0.25) is 0 Å². The number of hydrogen-bond donors (Lipinski definition) is 0. The van der Waals surface area contributed by atoms with Crippen LogP contribution in [-0.4, -0.2) is 42.7 Å². The molecule has 2 atom stereocenters. The number of benzene rings is 3. The highest BCUT2D eigenvalue weighted by atomic mass is 16.6. The minimum absolute atomic E-state index is 0.0563. The lowest BCUT2D eigenvalue weighted by Gasteiger charge is -2.31. The van der Waals surface area contributed by atoms with Gasteiger partial charge in [-0.1, -0.05) is 92.7 Å². The first-order chi connectivity index (χ1) is 25.9. The molecule has 9 nitrogen and oxygen atoms in total. The van der Waals surface area contributed by atoms with Gasteiger partial charge in [0.25, 0.3) is 0 Å². The van der Waals surface area contributed by atoms with Crippen LogP contribution in [0.15, 0.2) is 91.0 Å². The molecule has 0 aromatic heterocycles. The number of carbonyl (C=O) groups is 4. The van der Waals surface area contributed by atoms with E-state index in [-0.39, 0.29) is 45.2 Å². The molecule has 0 N–H and O–H groups in total. The van der Waals surface area contributed by atoms with Crippen LogP contribution in [-0.2, 0) is 51.3 Å². The van der Waals surface area contributed by atoms with Gasteiger partial charge in [0.05, 0.1) is 42.5 Å². The normalized spacial score (nSPS) is 20.5. The SMILES string of the molecule is CC(C)(CCC(C)(C)OCCC(=O)Oc1ccccc1)CC(=O)OCC1C2(C(=O)OCc3ccccc3)CCC#CCCC12C(=O)OCc1ccccc1. The molecule has 286 valence electrons. The van der Waals surface area contributed by atoms with E-state index >= 15 is 0 Å². The summed E-state index contributed by atoms with van der Waals surface area (Å²) in [5.41, 5.74) is -1.81. The zero-order chi connectivity index (χ0) is 38.7. The first-order valence-corrected chi connectivity index (χ1v) is 18.8. The molecule has 0 spiro atoms. The van der Waals surface area contributed by atoms with Crippen LogP contribution in [0.5, 0.6) is 5.75 Å². The fraction of sp³-hybridized carbons (Fsp3) is 0.467. The third-order valence-corrected chi connectivity index (χ3v) is 10.7. The van der Waals surface area contributed by atoms with Crippen molar-refractivity contribution < 1.29 is 42.9 Å². The lowest BCUT2D eigenvalue weighted by atomic mass is 9.81. The molecular formula is C45H52O9. The second kappa shape index (κ2) is 17.9. The fourth-order valence-corrected chi connectivity index (χ4v) is 7.52. The topological polar surface area (TPSA) is 114 Å². The molecular weight excluding hydrogens is 684 g/mol. The van der Waals surface area contributed by atoms with Gasteiger partial charge in [-0.25, -0.2) is 0 Å². The molecule has 54 heavy (non-hydrogen) atoms. The van der Waals surface area contributed by atoms with Crippen molar-refractivity contribution in [3.05, 3.63) is 102 Å². The Hall–Kier alpha value is -4.94. The van der Waals surface area contributed by atoms with Crippen molar-refractivity contribution in [2.24, 2.45) is 22.2 Å². The van der Waals surface area contributed by atoms with E-state index in [1.165, 1.54) is 0 Å². The van der Waals surface area contributed by atoms with Gasteiger partial charge in [-0.05, 0) is 68.2 Å². The Morgan fingerprint density at radius 3 is 1.69 bits per heavy atom. The van der Waals surface area contributed by atoms with E-state index in [4.69, 9.17) is 23.7 Å². The van der Waals surface area contributed by atoms with E-state index in [1.54, 1.807) is 24.3 Å². The number of para-hydroxylation sites is 1. The summed E-state index contributed by atoms with van der Waals surface area (Å²) in [7, 11) is 0. The van der Waals surface area contributed by atoms with Gasteiger partial charge < -0.3 is 23.7 Å². The molecule has 5 rings (SSSR count). The second-order valence-electron chi connectivity index (χ2n) is 15.6. The van der Waals surface area contributed by atoms with Crippen molar-refractivity contribution in [2.75, 3.05) is 13.2 Å². The summed E-state index contributed by atoms with van der Waals surface area (Å²) in [6, 6.07) is 27.7. The van der Waals surface area contributed by atoms with Crippen LogP contribution in [0.25, 0.3) is 0 Å². The molecule has 0 amide bonds. The molecule has 0 aliphatic heterocycles. The zero-order valence-electron chi connectivity index (χ0n) is 31.9. The molecule has 3 aromatic rings. The molecule has 0 heterocycles. The average Bonchev–Trinajstić information content (AvgIpc) is 3.71. The van der Waals surface area contributed by atoms with Crippen molar-refractivity contribution in [3.8, 4) is 17.6 Å². The van der Waals surface area contributed by atoms with Gasteiger partial charge >= 0.3 is 23.9 Å². The predicted octanol–water partition coefficient (Wildman–Crippen LogP) is 8.18. The van der Waals surface area contributed by atoms with Gasteiger partial charge in [0.1, 0.15) is 19.0 Å². The van der Waals surface area contributed by atoms with Crippen LogP contribution in [0.1, 0.15) is 90.2 Å². The Labute approximate surface area is 319 Å². The summed E-state index contributed by atoms with van der Waals surface area (Å²) >= 11 is 0. The van der Waals surface area contributed by atoms with E-state index in [9.17, 15) is 19.2 Å². The number of hydrogen-bond acceptors (Lipinski definition) is 9. The van der Waals surface area contributed by atoms with Crippen molar-refractivity contribution in [2.45, 2.75) is 97.9 Å². The highest BCUT2D eigenvalue weighted by molar-refractivity contribution is 5.96. The van der Waals surface area contributed by atoms with E-state index in [1.807, 2.05) is 94.4 Å². The third-order valence-electron chi connectivity index (χ3n) is 10.7. The lowest BCUT2D eigenvalue weighted by molar-refractivity contribution is -0.163. The fourth-order valence-electron chi connectivity index (χ4n) is 7.52. The number of rotatable bonds is 18. The third kappa shape index (κ3) is 10.2. The van der Waals surface area contributed by atoms with Gasteiger partial charge in [-0.15, -0.1) is 11.8 Å². The highest BCUT2D eigenvalue weighted by Crippen LogP contribution is 2.75. The van der Waals surface area contributed by atoms with Gasteiger partial charge in [0, 0.05) is 18.8 Å². The summed E-state index contributed by atoms with van der Waals surface area (Å²) in [6.45, 7) is 8.11. The molecule has 2 aliphatic rings. The van der Waals surface area contributed by atoms with Crippen LogP contribution in [0.4, 0.5) is 0 Å². The first-order valence-electron chi connectivity index (χ1n) is 18.8. The smallest absolute Gasteiger partial charge is 0.314 e. The van der Waals surface area contributed by atoms with E-state index in [0.29, 0.717) is 44.3 Å². The van der Waals surface area contributed by atoms with Crippen LogP contribution in [0.2, 0.25) is 0 Å². The monoisotopic (exact) mass is 736 g/mol.